The Labute approximate surface area is 256 Å². The molecule has 4 nitrogen and oxygen atoms in total. The molecule has 4 heteroatoms. The summed E-state index contributed by atoms with van der Waals surface area (Å²) in [5.41, 5.74) is 10.8. The number of rotatable bonds is 3. The predicted molar refractivity (Wildman–Crippen MR) is 184 cm³/mol. The molecule has 3 aromatic heterocycles. The molecule has 0 aliphatic carbocycles. The van der Waals surface area contributed by atoms with Gasteiger partial charge in [-0.05, 0) is 66.6 Å². The van der Waals surface area contributed by atoms with E-state index >= 15 is 0 Å². The minimum atomic E-state index is -0.248. The van der Waals surface area contributed by atoms with Crippen molar-refractivity contribution >= 4 is 55.0 Å². The van der Waals surface area contributed by atoms with Crippen molar-refractivity contribution in [2.45, 2.75) is 26.2 Å². The fourth-order valence-corrected chi connectivity index (χ4v) is 7.66. The Hall–Kier alpha value is -5.35. The Morgan fingerprint density at radius 3 is 1.55 bits per heavy atom. The fraction of sp³-hybridized carbons (Fsp3) is 0.125. The summed E-state index contributed by atoms with van der Waals surface area (Å²) in [6, 6.07) is 44.1. The molecule has 4 heterocycles. The number of nitrogens with zero attached hydrogens (tertiary/aromatic N) is 4. The summed E-state index contributed by atoms with van der Waals surface area (Å²) < 4.78 is 4.74. The lowest BCUT2D eigenvalue weighted by Crippen LogP contribution is -2.33. The third-order valence-corrected chi connectivity index (χ3v) is 9.74. The van der Waals surface area contributed by atoms with E-state index in [1.807, 2.05) is 0 Å². The monoisotopic (exact) mass is 568 g/mol. The quantitative estimate of drug-likeness (QED) is 0.212. The van der Waals surface area contributed by atoms with E-state index in [0.717, 1.165) is 12.4 Å². The summed E-state index contributed by atoms with van der Waals surface area (Å²) in [4.78, 5) is 7.54. The van der Waals surface area contributed by atoms with Crippen LogP contribution in [0.3, 0.4) is 0 Å². The molecular formula is C40H32N4. The smallest absolute Gasteiger partial charge is 0.138 e. The van der Waals surface area contributed by atoms with Crippen LogP contribution < -0.4 is 4.90 Å². The SMILES string of the molecule is CCN1c2ccc(-n3c4ccccc4c4ccccc43)cc2C(C)(C)c2cc(-n3c4ccccc4c4ccccc43)ncc21. The van der Waals surface area contributed by atoms with Gasteiger partial charge in [0.05, 0.1) is 34.0 Å². The molecule has 8 aromatic rings. The predicted octanol–water partition coefficient (Wildman–Crippen LogP) is 10.1. The molecule has 1 aliphatic heterocycles. The van der Waals surface area contributed by atoms with Crippen molar-refractivity contribution in [2.24, 2.45) is 0 Å². The van der Waals surface area contributed by atoms with E-state index in [2.05, 4.69) is 162 Å². The second kappa shape index (κ2) is 9.08. The van der Waals surface area contributed by atoms with Gasteiger partial charge < -0.3 is 9.47 Å². The van der Waals surface area contributed by atoms with Crippen molar-refractivity contribution in [3.63, 3.8) is 0 Å². The summed E-state index contributed by atoms with van der Waals surface area (Å²) in [7, 11) is 0. The van der Waals surface area contributed by atoms with Crippen LogP contribution in [0.25, 0.3) is 55.1 Å². The van der Waals surface area contributed by atoms with Crippen LogP contribution in [0.5, 0.6) is 0 Å². The molecule has 5 aromatic carbocycles. The first-order valence-corrected chi connectivity index (χ1v) is 15.5. The van der Waals surface area contributed by atoms with E-state index in [9.17, 15) is 0 Å². The zero-order valence-corrected chi connectivity index (χ0v) is 25.1. The number of fused-ring (bicyclic) bond motifs is 8. The second-order valence-corrected chi connectivity index (χ2v) is 12.4. The standard InChI is InChI=1S/C40H32N4/c1-4-42-37-22-21-26(43-33-17-9-5-13-27(33)28-14-6-10-18-34(28)43)23-31(37)40(2,3)32-24-39(41-25-38(32)42)44-35-19-11-7-15-29(35)30-16-8-12-20-36(30)44/h5-25H,4H2,1-3H3. The highest BCUT2D eigenvalue weighted by atomic mass is 15.2. The summed E-state index contributed by atoms with van der Waals surface area (Å²) >= 11 is 0. The lowest BCUT2D eigenvalue weighted by molar-refractivity contribution is 0.623. The number of para-hydroxylation sites is 4. The Morgan fingerprint density at radius 2 is 1.02 bits per heavy atom. The third-order valence-electron chi connectivity index (χ3n) is 9.74. The van der Waals surface area contributed by atoms with E-state index in [-0.39, 0.29) is 5.41 Å². The van der Waals surface area contributed by atoms with Crippen LogP contribution in [0.2, 0.25) is 0 Å². The molecular weight excluding hydrogens is 536 g/mol. The van der Waals surface area contributed by atoms with Gasteiger partial charge in [-0.2, -0.15) is 0 Å². The number of benzene rings is 5. The zero-order chi connectivity index (χ0) is 29.6. The topological polar surface area (TPSA) is 26.0 Å². The Balaban J connectivity index is 1.27. The van der Waals surface area contributed by atoms with Crippen LogP contribution in [0.4, 0.5) is 11.4 Å². The highest BCUT2D eigenvalue weighted by molar-refractivity contribution is 6.10. The Morgan fingerprint density at radius 1 is 0.545 bits per heavy atom. The van der Waals surface area contributed by atoms with Crippen molar-refractivity contribution < 1.29 is 0 Å². The van der Waals surface area contributed by atoms with E-state index < -0.39 is 0 Å². The molecule has 1 aliphatic rings. The van der Waals surface area contributed by atoms with Gasteiger partial charge in [0.2, 0.25) is 0 Å². The number of hydrogen-bond donors (Lipinski definition) is 0. The van der Waals surface area contributed by atoms with Crippen LogP contribution in [0.15, 0.2) is 128 Å². The maximum Gasteiger partial charge on any atom is 0.138 e. The lowest BCUT2D eigenvalue weighted by Gasteiger charge is -2.42. The highest BCUT2D eigenvalue weighted by Crippen LogP contribution is 2.50. The van der Waals surface area contributed by atoms with Crippen LogP contribution in [0.1, 0.15) is 31.9 Å². The zero-order valence-electron chi connectivity index (χ0n) is 25.1. The van der Waals surface area contributed by atoms with E-state index in [4.69, 9.17) is 4.98 Å². The molecule has 0 amide bonds. The molecule has 9 rings (SSSR count). The van der Waals surface area contributed by atoms with Gasteiger partial charge in [-0.25, -0.2) is 4.98 Å². The molecule has 0 bridgehead atoms. The Bertz CT molecular complexity index is 2150. The van der Waals surface area contributed by atoms with Gasteiger partial charge in [0.25, 0.3) is 0 Å². The van der Waals surface area contributed by atoms with Crippen molar-refractivity contribution in [1.29, 1.82) is 0 Å². The first kappa shape index (κ1) is 25.2. The molecule has 0 saturated carbocycles. The van der Waals surface area contributed by atoms with Crippen LogP contribution in [-0.4, -0.2) is 20.7 Å². The van der Waals surface area contributed by atoms with E-state index in [1.54, 1.807) is 0 Å². The molecule has 0 radical (unpaired) electrons. The summed E-state index contributed by atoms with van der Waals surface area (Å²) in [5.74, 6) is 0.951. The first-order valence-electron chi connectivity index (χ1n) is 15.5. The summed E-state index contributed by atoms with van der Waals surface area (Å²) in [5, 5.41) is 5.06. The largest absolute Gasteiger partial charge is 0.340 e. The lowest BCUT2D eigenvalue weighted by atomic mass is 9.74. The molecule has 44 heavy (non-hydrogen) atoms. The van der Waals surface area contributed by atoms with Crippen molar-refractivity contribution in [3.8, 4) is 11.5 Å². The third kappa shape index (κ3) is 3.31. The van der Waals surface area contributed by atoms with Gasteiger partial charge in [0.1, 0.15) is 5.82 Å². The molecule has 0 saturated heterocycles. The van der Waals surface area contributed by atoms with Crippen LogP contribution in [-0.2, 0) is 5.41 Å². The maximum absolute atomic E-state index is 5.12. The fourth-order valence-electron chi connectivity index (χ4n) is 7.66. The number of anilines is 2. The maximum atomic E-state index is 5.12. The van der Waals surface area contributed by atoms with Crippen LogP contribution in [0, 0.1) is 0 Å². The first-order chi connectivity index (χ1) is 21.6. The van der Waals surface area contributed by atoms with Crippen molar-refractivity contribution in [2.75, 3.05) is 11.4 Å². The summed E-state index contributed by atoms with van der Waals surface area (Å²) in [6.07, 6.45) is 2.09. The normalized spacial score (nSPS) is 14.0. The number of hydrogen-bond acceptors (Lipinski definition) is 2. The van der Waals surface area contributed by atoms with Gasteiger partial charge in [-0.15, -0.1) is 0 Å². The van der Waals surface area contributed by atoms with Crippen molar-refractivity contribution in [1.82, 2.24) is 14.1 Å². The average Bonchev–Trinajstić information content (AvgIpc) is 3.58. The average molecular weight is 569 g/mol. The van der Waals surface area contributed by atoms with Crippen molar-refractivity contribution in [3.05, 3.63) is 139 Å². The van der Waals surface area contributed by atoms with Gasteiger partial charge in [0.15, 0.2) is 0 Å². The van der Waals surface area contributed by atoms with Gasteiger partial charge in [-0.1, -0.05) is 86.6 Å². The highest BCUT2D eigenvalue weighted by Gasteiger charge is 2.37. The Kier molecular flexibility index (Phi) is 5.19. The molecule has 0 atom stereocenters. The molecule has 0 N–H and O–H groups in total. The molecule has 0 unspecified atom stereocenters. The van der Waals surface area contributed by atoms with Gasteiger partial charge in [0, 0.05) is 44.9 Å². The van der Waals surface area contributed by atoms with E-state index in [1.165, 1.54) is 71.8 Å². The summed E-state index contributed by atoms with van der Waals surface area (Å²) in [6.45, 7) is 7.82. The molecule has 0 spiro atoms. The minimum Gasteiger partial charge on any atom is -0.340 e. The van der Waals surface area contributed by atoms with Crippen LogP contribution >= 0.6 is 0 Å². The van der Waals surface area contributed by atoms with E-state index in [0.29, 0.717) is 0 Å². The number of pyridine rings is 1. The minimum absolute atomic E-state index is 0.248. The second-order valence-electron chi connectivity index (χ2n) is 12.4. The van der Waals surface area contributed by atoms with Gasteiger partial charge in [-0.3, -0.25) is 4.57 Å². The molecule has 0 fully saturated rings. The van der Waals surface area contributed by atoms with Gasteiger partial charge >= 0.3 is 0 Å². The molecule has 212 valence electrons. The number of aromatic nitrogens is 3.